The molecule has 0 atom stereocenters. The minimum Gasteiger partial charge on any atom is -0.393 e. The van der Waals surface area contributed by atoms with Crippen molar-refractivity contribution < 1.29 is 0 Å². The van der Waals surface area contributed by atoms with Crippen molar-refractivity contribution in [1.82, 2.24) is 9.97 Å². The number of rotatable bonds is 6. The minimum absolute atomic E-state index is 0.520. The van der Waals surface area contributed by atoms with Gasteiger partial charge in [0, 0.05) is 44.3 Å². The zero-order valence-corrected chi connectivity index (χ0v) is 13.3. The van der Waals surface area contributed by atoms with E-state index < -0.39 is 0 Å². The van der Waals surface area contributed by atoms with Crippen molar-refractivity contribution in [2.24, 2.45) is 5.73 Å². The monoisotopic (exact) mass is 350 g/mol. The van der Waals surface area contributed by atoms with Gasteiger partial charge in [0.1, 0.15) is 0 Å². The van der Waals surface area contributed by atoms with Gasteiger partial charge in [0.15, 0.2) is 0 Å². The Balaban J connectivity index is 2.20. The van der Waals surface area contributed by atoms with E-state index in [9.17, 15) is 0 Å². The number of thiocarbonyl (C=S) groups is 1. The van der Waals surface area contributed by atoms with E-state index in [1.54, 1.807) is 18.6 Å². The molecule has 0 fully saturated rings. The molecule has 0 saturated carbocycles. The van der Waals surface area contributed by atoms with Crippen LogP contribution in [0.2, 0.25) is 0 Å². The molecule has 104 valence electrons. The maximum atomic E-state index is 5.62. The summed E-state index contributed by atoms with van der Waals surface area (Å²) in [6.07, 6.45) is 7.86. The van der Waals surface area contributed by atoms with Crippen molar-refractivity contribution in [2.75, 3.05) is 11.4 Å². The maximum absolute atomic E-state index is 5.62. The molecule has 2 aromatic heterocycles. The molecular weight excluding hydrogens is 336 g/mol. The Morgan fingerprint density at radius 2 is 2.05 bits per heavy atom. The molecule has 2 aromatic rings. The molecule has 0 amide bonds. The summed E-state index contributed by atoms with van der Waals surface area (Å²) in [4.78, 5) is 11.0. The number of aromatic nitrogens is 2. The normalized spacial score (nSPS) is 10.2. The minimum atomic E-state index is 0.520. The van der Waals surface area contributed by atoms with Crippen LogP contribution in [0.1, 0.15) is 12.0 Å². The van der Waals surface area contributed by atoms with Crippen LogP contribution in [0.4, 0.5) is 5.69 Å². The summed E-state index contributed by atoms with van der Waals surface area (Å²) in [5.41, 5.74) is 7.83. The molecule has 0 bridgehead atoms. The summed E-state index contributed by atoms with van der Waals surface area (Å²) < 4.78 is 0.951. The van der Waals surface area contributed by atoms with Gasteiger partial charge >= 0.3 is 0 Å². The van der Waals surface area contributed by atoms with Crippen LogP contribution in [0.15, 0.2) is 47.5 Å². The predicted molar refractivity (Wildman–Crippen MR) is 88.6 cm³/mol. The first-order valence-corrected chi connectivity index (χ1v) is 7.38. The SMILES string of the molecule is NC(=S)CCN(Cc1cccnc1)c1ccncc1Br. The Morgan fingerprint density at radius 3 is 2.70 bits per heavy atom. The van der Waals surface area contributed by atoms with Gasteiger partial charge in [0.2, 0.25) is 0 Å². The van der Waals surface area contributed by atoms with Gasteiger partial charge in [-0.15, -0.1) is 0 Å². The standard InChI is InChI=1S/C14H15BrN4S/c15-12-9-18-6-3-13(12)19(7-4-14(16)20)10-11-2-1-5-17-8-11/h1-3,5-6,8-9H,4,7,10H2,(H2,16,20). The fraction of sp³-hybridized carbons (Fsp3) is 0.214. The summed E-state index contributed by atoms with van der Waals surface area (Å²) in [5, 5.41) is 0. The van der Waals surface area contributed by atoms with Crippen molar-refractivity contribution in [3.05, 3.63) is 53.0 Å². The van der Waals surface area contributed by atoms with Crippen molar-refractivity contribution in [3.8, 4) is 0 Å². The first-order valence-electron chi connectivity index (χ1n) is 6.18. The molecule has 0 unspecified atom stereocenters. The van der Waals surface area contributed by atoms with Crippen molar-refractivity contribution in [1.29, 1.82) is 0 Å². The van der Waals surface area contributed by atoms with Gasteiger partial charge < -0.3 is 10.6 Å². The highest BCUT2D eigenvalue weighted by Crippen LogP contribution is 2.26. The van der Waals surface area contributed by atoms with E-state index in [-0.39, 0.29) is 0 Å². The highest BCUT2D eigenvalue weighted by Gasteiger charge is 2.11. The largest absolute Gasteiger partial charge is 0.393 e. The van der Waals surface area contributed by atoms with Gasteiger partial charge in [-0.3, -0.25) is 9.97 Å². The Labute approximate surface area is 132 Å². The van der Waals surface area contributed by atoms with E-state index in [0.717, 1.165) is 28.8 Å². The van der Waals surface area contributed by atoms with Crippen molar-refractivity contribution in [3.63, 3.8) is 0 Å². The second-order valence-electron chi connectivity index (χ2n) is 4.33. The molecule has 0 aromatic carbocycles. The van der Waals surface area contributed by atoms with Crippen LogP contribution in [-0.2, 0) is 6.54 Å². The Morgan fingerprint density at radius 1 is 1.25 bits per heavy atom. The van der Waals surface area contributed by atoms with Crippen LogP contribution in [0.25, 0.3) is 0 Å². The van der Waals surface area contributed by atoms with Gasteiger partial charge in [-0.2, -0.15) is 0 Å². The van der Waals surface area contributed by atoms with Crippen molar-refractivity contribution >= 4 is 38.8 Å². The first-order chi connectivity index (χ1) is 9.66. The summed E-state index contributed by atoms with van der Waals surface area (Å²) in [6.45, 7) is 1.51. The average molecular weight is 351 g/mol. The van der Waals surface area contributed by atoms with Crippen molar-refractivity contribution in [2.45, 2.75) is 13.0 Å². The van der Waals surface area contributed by atoms with Gasteiger partial charge in [0.25, 0.3) is 0 Å². The molecule has 2 N–H and O–H groups in total. The lowest BCUT2D eigenvalue weighted by Gasteiger charge is -2.25. The van der Waals surface area contributed by atoms with Crippen LogP contribution >= 0.6 is 28.1 Å². The van der Waals surface area contributed by atoms with Crippen LogP contribution < -0.4 is 10.6 Å². The Kier molecular flexibility index (Phi) is 5.43. The molecule has 0 aliphatic carbocycles. The molecule has 6 heteroatoms. The summed E-state index contributed by atoms with van der Waals surface area (Å²) in [7, 11) is 0. The quantitative estimate of drug-likeness (QED) is 0.811. The Hall–Kier alpha value is -1.53. The molecule has 0 spiro atoms. The highest BCUT2D eigenvalue weighted by molar-refractivity contribution is 9.10. The van der Waals surface area contributed by atoms with Gasteiger partial charge in [0.05, 0.1) is 15.1 Å². The van der Waals surface area contributed by atoms with Crippen LogP contribution in [0, 0.1) is 0 Å². The molecule has 0 aliphatic rings. The second-order valence-corrected chi connectivity index (χ2v) is 5.70. The second kappa shape index (κ2) is 7.31. The molecule has 2 heterocycles. The highest BCUT2D eigenvalue weighted by atomic mass is 79.9. The molecule has 20 heavy (non-hydrogen) atoms. The third-order valence-electron chi connectivity index (χ3n) is 2.82. The predicted octanol–water partition coefficient (Wildman–Crippen LogP) is 2.92. The number of pyridine rings is 2. The lowest BCUT2D eigenvalue weighted by atomic mass is 10.2. The topological polar surface area (TPSA) is 55.0 Å². The first kappa shape index (κ1) is 14.9. The lowest BCUT2D eigenvalue weighted by molar-refractivity contribution is 0.800. The molecule has 0 radical (unpaired) electrons. The third-order valence-corrected chi connectivity index (χ3v) is 3.63. The maximum Gasteiger partial charge on any atom is 0.0745 e. The number of anilines is 1. The zero-order chi connectivity index (χ0) is 14.4. The molecule has 0 aliphatic heterocycles. The van der Waals surface area contributed by atoms with E-state index in [1.165, 1.54) is 0 Å². The third kappa shape index (κ3) is 4.25. The van der Waals surface area contributed by atoms with E-state index in [4.69, 9.17) is 18.0 Å². The van der Waals surface area contributed by atoms with E-state index in [1.807, 2.05) is 18.3 Å². The number of nitrogens with two attached hydrogens (primary N) is 1. The number of hydrogen-bond acceptors (Lipinski definition) is 4. The van der Waals surface area contributed by atoms with E-state index in [0.29, 0.717) is 11.4 Å². The van der Waals surface area contributed by atoms with E-state index in [2.05, 4.69) is 36.9 Å². The lowest BCUT2D eigenvalue weighted by Crippen LogP contribution is -2.27. The van der Waals surface area contributed by atoms with Gasteiger partial charge in [-0.05, 0) is 33.6 Å². The Bertz CT molecular complexity index is 576. The molecule has 2 rings (SSSR count). The zero-order valence-electron chi connectivity index (χ0n) is 10.9. The summed E-state index contributed by atoms with van der Waals surface area (Å²) in [5.74, 6) is 0. The van der Waals surface area contributed by atoms with Crippen LogP contribution in [0.5, 0.6) is 0 Å². The fourth-order valence-electron chi connectivity index (χ4n) is 1.87. The van der Waals surface area contributed by atoms with E-state index >= 15 is 0 Å². The molecule has 0 saturated heterocycles. The number of halogens is 1. The summed E-state index contributed by atoms with van der Waals surface area (Å²) in [6, 6.07) is 5.96. The molecule has 4 nitrogen and oxygen atoms in total. The van der Waals surface area contributed by atoms with Gasteiger partial charge in [-0.25, -0.2) is 0 Å². The molecular formula is C14H15BrN4S. The number of hydrogen-bond donors (Lipinski definition) is 1. The van der Waals surface area contributed by atoms with Gasteiger partial charge in [-0.1, -0.05) is 18.3 Å². The fourth-order valence-corrected chi connectivity index (χ4v) is 2.46. The number of nitrogens with zero attached hydrogens (tertiary/aromatic N) is 3. The smallest absolute Gasteiger partial charge is 0.0745 e. The average Bonchev–Trinajstić information content (AvgIpc) is 2.45. The van der Waals surface area contributed by atoms with Crippen LogP contribution in [0.3, 0.4) is 0 Å². The summed E-state index contributed by atoms with van der Waals surface area (Å²) >= 11 is 8.51. The van der Waals surface area contributed by atoms with Crippen LogP contribution in [-0.4, -0.2) is 21.5 Å².